The summed E-state index contributed by atoms with van der Waals surface area (Å²) in [5.41, 5.74) is 5.89. The molecule has 1 aromatic carbocycles. The van der Waals surface area contributed by atoms with Gasteiger partial charge in [-0.2, -0.15) is 4.98 Å². The number of anilines is 2. The average Bonchev–Trinajstić information content (AvgIpc) is 2.76. The van der Waals surface area contributed by atoms with Gasteiger partial charge in [-0.25, -0.2) is 0 Å². The van der Waals surface area contributed by atoms with Gasteiger partial charge in [0.15, 0.2) is 5.69 Å². The molecule has 0 bridgehead atoms. The van der Waals surface area contributed by atoms with E-state index in [2.05, 4.69) is 10.3 Å². The number of halogens is 1. The highest BCUT2D eigenvalue weighted by Crippen LogP contribution is 2.27. The third-order valence-corrected chi connectivity index (χ3v) is 2.46. The molecule has 2 aromatic rings. The van der Waals surface area contributed by atoms with Gasteiger partial charge in [-0.05, 0) is 18.2 Å². The number of aromatic nitrogens is 1. The maximum absolute atomic E-state index is 11.7. The van der Waals surface area contributed by atoms with E-state index in [1.54, 1.807) is 18.2 Å². The van der Waals surface area contributed by atoms with Crippen molar-refractivity contribution in [2.45, 2.75) is 0 Å². The van der Waals surface area contributed by atoms with Crippen molar-refractivity contribution in [3.63, 3.8) is 0 Å². The molecule has 3 N–H and O–H groups in total. The second-order valence-corrected chi connectivity index (χ2v) is 3.78. The molecule has 1 amide bonds. The van der Waals surface area contributed by atoms with Crippen LogP contribution >= 0.6 is 11.6 Å². The Morgan fingerprint density at radius 1 is 1.56 bits per heavy atom. The Kier molecular flexibility index (Phi) is 3.38. The number of amides is 1. The minimum Gasteiger partial charge on any atom is -0.495 e. The molecule has 18 heavy (non-hydrogen) atoms. The van der Waals surface area contributed by atoms with Crippen LogP contribution in [0.3, 0.4) is 0 Å². The minimum atomic E-state index is -0.434. The van der Waals surface area contributed by atoms with Gasteiger partial charge in [0.05, 0.1) is 12.1 Å². The number of nitrogen functional groups attached to an aromatic ring is 1. The summed E-state index contributed by atoms with van der Waals surface area (Å²) >= 11 is 5.93. The SMILES string of the molecule is COc1ccc(NC(=O)c2coc(N)n2)cc1Cl. The number of ether oxygens (including phenoxy) is 1. The first-order valence-corrected chi connectivity index (χ1v) is 5.34. The molecule has 0 spiro atoms. The number of benzene rings is 1. The van der Waals surface area contributed by atoms with Gasteiger partial charge in [-0.3, -0.25) is 4.79 Å². The standard InChI is InChI=1S/C11H10ClN3O3/c1-17-9-3-2-6(4-7(9)12)14-10(16)8-5-18-11(13)15-8/h2-5H,1H3,(H2,13,15)(H,14,16). The summed E-state index contributed by atoms with van der Waals surface area (Å²) in [6, 6.07) is 4.82. The smallest absolute Gasteiger partial charge is 0.292 e. The molecule has 1 heterocycles. The zero-order valence-corrected chi connectivity index (χ0v) is 10.2. The van der Waals surface area contributed by atoms with Crippen molar-refractivity contribution in [3.05, 3.63) is 35.2 Å². The maximum atomic E-state index is 11.7. The molecule has 94 valence electrons. The van der Waals surface area contributed by atoms with E-state index in [4.69, 9.17) is 26.5 Å². The third kappa shape index (κ3) is 2.54. The van der Waals surface area contributed by atoms with Crippen LogP contribution in [-0.4, -0.2) is 18.0 Å². The number of hydrogen-bond acceptors (Lipinski definition) is 5. The number of oxazole rings is 1. The highest BCUT2D eigenvalue weighted by molar-refractivity contribution is 6.32. The zero-order valence-electron chi connectivity index (χ0n) is 9.44. The molecular weight excluding hydrogens is 258 g/mol. The van der Waals surface area contributed by atoms with Crippen LogP contribution in [0.5, 0.6) is 5.75 Å². The van der Waals surface area contributed by atoms with Gasteiger partial charge >= 0.3 is 0 Å². The Bertz CT molecular complexity index is 583. The van der Waals surface area contributed by atoms with Gasteiger partial charge in [0, 0.05) is 5.69 Å². The van der Waals surface area contributed by atoms with Crippen LogP contribution in [0.2, 0.25) is 5.02 Å². The molecule has 1 aromatic heterocycles. The monoisotopic (exact) mass is 267 g/mol. The predicted octanol–water partition coefficient (Wildman–Crippen LogP) is 2.17. The number of carbonyl (C=O) groups excluding carboxylic acids is 1. The number of nitrogens with zero attached hydrogens (tertiary/aromatic N) is 1. The number of methoxy groups -OCH3 is 1. The second kappa shape index (κ2) is 4.97. The molecule has 0 atom stereocenters. The average molecular weight is 268 g/mol. The van der Waals surface area contributed by atoms with Gasteiger partial charge < -0.3 is 20.2 Å². The Morgan fingerprint density at radius 3 is 2.89 bits per heavy atom. The molecule has 0 saturated carbocycles. The molecule has 0 unspecified atom stereocenters. The van der Waals surface area contributed by atoms with E-state index >= 15 is 0 Å². The second-order valence-electron chi connectivity index (χ2n) is 3.37. The first-order chi connectivity index (χ1) is 8.60. The summed E-state index contributed by atoms with van der Waals surface area (Å²) in [7, 11) is 1.51. The molecule has 7 heteroatoms. The maximum Gasteiger partial charge on any atom is 0.292 e. The Morgan fingerprint density at radius 2 is 2.33 bits per heavy atom. The van der Waals surface area contributed by atoms with Crippen molar-refractivity contribution in [1.82, 2.24) is 4.98 Å². The molecule has 0 radical (unpaired) electrons. The Hall–Kier alpha value is -2.21. The lowest BCUT2D eigenvalue weighted by atomic mass is 10.3. The predicted molar refractivity (Wildman–Crippen MR) is 66.9 cm³/mol. The van der Waals surface area contributed by atoms with Gasteiger partial charge in [0.2, 0.25) is 0 Å². The largest absolute Gasteiger partial charge is 0.495 e. The molecule has 0 aliphatic carbocycles. The van der Waals surface area contributed by atoms with E-state index in [0.717, 1.165) is 0 Å². The fraction of sp³-hybridized carbons (Fsp3) is 0.0909. The van der Waals surface area contributed by atoms with E-state index in [9.17, 15) is 4.79 Å². The van der Waals surface area contributed by atoms with E-state index in [0.29, 0.717) is 16.5 Å². The summed E-state index contributed by atoms with van der Waals surface area (Å²) in [5.74, 6) is 0.0945. The van der Waals surface area contributed by atoms with Crippen LogP contribution < -0.4 is 15.8 Å². The van der Waals surface area contributed by atoms with Crippen molar-refractivity contribution in [3.8, 4) is 5.75 Å². The molecule has 0 saturated heterocycles. The minimum absolute atomic E-state index is 0.0621. The number of hydrogen-bond donors (Lipinski definition) is 2. The number of nitrogens with two attached hydrogens (primary N) is 1. The van der Waals surface area contributed by atoms with Crippen LogP contribution in [0.4, 0.5) is 11.7 Å². The van der Waals surface area contributed by atoms with Crippen molar-refractivity contribution in [2.24, 2.45) is 0 Å². The molecule has 2 rings (SSSR count). The van der Waals surface area contributed by atoms with Gasteiger partial charge in [-0.1, -0.05) is 11.6 Å². The van der Waals surface area contributed by atoms with Crippen LogP contribution in [0, 0.1) is 0 Å². The molecule has 0 aliphatic heterocycles. The van der Waals surface area contributed by atoms with Crippen molar-refractivity contribution in [1.29, 1.82) is 0 Å². The zero-order chi connectivity index (χ0) is 13.1. The fourth-order valence-corrected chi connectivity index (χ4v) is 1.59. The summed E-state index contributed by atoms with van der Waals surface area (Å²) in [5, 5.41) is 3.00. The molecular formula is C11H10ClN3O3. The van der Waals surface area contributed by atoms with Crippen LogP contribution in [0.15, 0.2) is 28.9 Å². The lowest BCUT2D eigenvalue weighted by Crippen LogP contribution is -2.12. The number of nitrogens with one attached hydrogen (secondary N) is 1. The van der Waals surface area contributed by atoms with Gasteiger partial charge in [0.25, 0.3) is 11.9 Å². The lowest BCUT2D eigenvalue weighted by molar-refractivity contribution is 0.102. The van der Waals surface area contributed by atoms with E-state index < -0.39 is 5.91 Å². The third-order valence-electron chi connectivity index (χ3n) is 2.16. The number of carbonyl (C=O) groups is 1. The van der Waals surface area contributed by atoms with Crippen molar-refractivity contribution in [2.75, 3.05) is 18.2 Å². The fourth-order valence-electron chi connectivity index (χ4n) is 1.33. The van der Waals surface area contributed by atoms with E-state index in [1.165, 1.54) is 13.4 Å². The summed E-state index contributed by atoms with van der Waals surface area (Å²) in [6.07, 6.45) is 1.18. The Balaban J connectivity index is 2.14. The summed E-state index contributed by atoms with van der Waals surface area (Å²) < 4.78 is 9.75. The molecule has 0 aliphatic rings. The van der Waals surface area contributed by atoms with Crippen LogP contribution in [0.1, 0.15) is 10.5 Å². The quantitative estimate of drug-likeness (QED) is 0.889. The molecule has 0 fully saturated rings. The highest BCUT2D eigenvalue weighted by atomic mass is 35.5. The van der Waals surface area contributed by atoms with E-state index in [1.807, 2.05) is 0 Å². The first kappa shape index (κ1) is 12.3. The van der Waals surface area contributed by atoms with E-state index in [-0.39, 0.29) is 11.7 Å². The van der Waals surface area contributed by atoms with Gasteiger partial charge in [0.1, 0.15) is 12.0 Å². The summed E-state index contributed by atoms with van der Waals surface area (Å²) in [6.45, 7) is 0. The topological polar surface area (TPSA) is 90.4 Å². The molecule has 6 nitrogen and oxygen atoms in total. The van der Waals surface area contributed by atoms with Crippen molar-refractivity contribution >= 4 is 29.2 Å². The highest BCUT2D eigenvalue weighted by Gasteiger charge is 2.12. The lowest BCUT2D eigenvalue weighted by Gasteiger charge is -2.06. The summed E-state index contributed by atoms with van der Waals surface area (Å²) in [4.78, 5) is 15.4. The van der Waals surface area contributed by atoms with Gasteiger partial charge in [-0.15, -0.1) is 0 Å². The number of rotatable bonds is 3. The van der Waals surface area contributed by atoms with Crippen molar-refractivity contribution < 1.29 is 13.9 Å². The normalized spacial score (nSPS) is 10.1. The van der Waals surface area contributed by atoms with Crippen LogP contribution in [-0.2, 0) is 0 Å². The van der Waals surface area contributed by atoms with Crippen LogP contribution in [0.25, 0.3) is 0 Å². The Labute approximate surface area is 108 Å². The first-order valence-electron chi connectivity index (χ1n) is 4.96.